The zero-order valence-corrected chi connectivity index (χ0v) is 18.9. The number of hydrogen-bond donors (Lipinski definition) is 1. The molecule has 1 amide bonds. The number of likely N-dealkylation sites (N-methyl/N-ethyl adjacent to an activating group) is 1. The second-order valence-corrected chi connectivity index (χ2v) is 9.67. The number of nitrogens with zero attached hydrogens (tertiary/aromatic N) is 2. The second kappa shape index (κ2) is 9.73. The van der Waals surface area contributed by atoms with Gasteiger partial charge in [0.15, 0.2) is 6.04 Å². The van der Waals surface area contributed by atoms with E-state index in [0.717, 1.165) is 16.0 Å². The molecule has 1 fully saturated rings. The smallest absolute Gasteiger partial charge is 0.285 e. The van der Waals surface area contributed by atoms with Gasteiger partial charge in [0.25, 0.3) is 5.91 Å². The largest absolute Gasteiger partial charge is 0.338 e. The first-order valence-electron chi connectivity index (χ1n) is 10.6. The molecule has 0 aromatic heterocycles. The molecule has 0 radical (unpaired) electrons. The summed E-state index contributed by atoms with van der Waals surface area (Å²) >= 11 is 0. The predicted molar refractivity (Wildman–Crippen MR) is 118 cm³/mol. The minimum Gasteiger partial charge on any atom is -0.338 e. The summed E-state index contributed by atoms with van der Waals surface area (Å²) in [6, 6.07) is 16.5. The van der Waals surface area contributed by atoms with E-state index in [2.05, 4.69) is 0 Å². The van der Waals surface area contributed by atoms with Crippen molar-refractivity contribution in [3.8, 4) is 0 Å². The van der Waals surface area contributed by atoms with E-state index in [4.69, 9.17) is 0 Å². The van der Waals surface area contributed by atoms with Crippen molar-refractivity contribution in [3.05, 3.63) is 65.7 Å². The van der Waals surface area contributed by atoms with E-state index in [0.29, 0.717) is 44.2 Å². The van der Waals surface area contributed by atoms with Gasteiger partial charge in [0.05, 0.1) is 31.1 Å². The van der Waals surface area contributed by atoms with Gasteiger partial charge in [-0.25, -0.2) is 8.42 Å². The van der Waals surface area contributed by atoms with Crippen LogP contribution >= 0.6 is 0 Å². The maximum Gasteiger partial charge on any atom is 0.285 e. The molecule has 1 aliphatic heterocycles. The van der Waals surface area contributed by atoms with E-state index >= 15 is 0 Å². The van der Waals surface area contributed by atoms with E-state index in [1.165, 1.54) is 0 Å². The zero-order valence-electron chi connectivity index (χ0n) is 18.0. The lowest BCUT2D eigenvalue weighted by Crippen LogP contribution is -3.16. The quantitative estimate of drug-likeness (QED) is 0.724. The molecule has 0 aliphatic carbocycles. The lowest BCUT2D eigenvalue weighted by Gasteiger charge is -2.37. The van der Waals surface area contributed by atoms with Crippen LogP contribution in [0.4, 0.5) is 0 Å². The number of piperazine rings is 1. The van der Waals surface area contributed by atoms with E-state index in [-0.39, 0.29) is 11.9 Å². The van der Waals surface area contributed by atoms with Gasteiger partial charge in [0, 0.05) is 18.7 Å². The molecule has 1 N–H and O–H groups in total. The molecule has 6 nitrogen and oxygen atoms in total. The van der Waals surface area contributed by atoms with Gasteiger partial charge in [-0.15, -0.1) is 0 Å². The molecule has 0 spiro atoms. The van der Waals surface area contributed by atoms with Crippen molar-refractivity contribution < 1.29 is 18.1 Å². The summed E-state index contributed by atoms with van der Waals surface area (Å²) < 4.78 is 27.6. The summed E-state index contributed by atoms with van der Waals surface area (Å²) in [5.74, 6) is 0.107. The minimum absolute atomic E-state index is 0.107. The van der Waals surface area contributed by atoms with E-state index in [1.807, 2.05) is 68.1 Å². The molecule has 2 aromatic carbocycles. The molecule has 0 saturated carbocycles. The fraction of sp³-hybridized carbons (Fsp3) is 0.435. The molecular weight excluding hydrogens is 398 g/mol. The number of amides is 1. The van der Waals surface area contributed by atoms with Gasteiger partial charge in [0.2, 0.25) is 10.0 Å². The van der Waals surface area contributed by atoms with E-state index < -0.39 is 10.0 Å². The third kappa shape index (κ3) is 4.74. The summed E-state index contributed by atoms with van der Waals surface area (Å²) in [5, 5.41) is 0. The van der Waals surface area contributed by atoms with Crippen molar-refractivity contribution in [1.29, 1.82) is 0 Å². The highest BCUT2D eigenvalue weighted by molar-refractivity contribution is 7.89. The number of sulfonamides is 1. The maximum atomic E-state index is 13.3. The van der Waals surface area contributed by atoms with E-state index in [9.17, 15) is 13.2 Å². The number of nitrogens with one attached hydrogen (secondary N) is 1. The Kier molecular flexibility index (Phi) is 7.28. The van der Waals surface area contributed by atoms with Crippen LogP contribution in [0.1, 0.15) is 31.0 Å². The van der Waals surface area contributed by atoms with Gasteiger partial charge >= 0.3 is 0 Å². The van der Waals surface area contributed by atoms with Gasteiger partial charge in [-0.1, -0.05) is 48.0 Å². The molecular formula is C23H32N3O3S+. The highest BCUT2D eigenvalue weighted by Crippen LogP contribution is 2.18. The molecule has 1 aliphatic rings. The fourth-order valence-electron chi connectivity index (χ4n) is 4.08. The number of quaternary nitrogens is 1. The summed E-state index contributed by atoms with van der Waals surface area (Å²) in [5.41, 5.74) is 2.02. The lowest BCUT2D eigenvalue weighted by molar-refractivity contribution is -0.925. The molecule has 1 heterocycles. The van der Waals surface area contributed by atoms with Crippen LogP contribution in [0.5, 0.6) is 0 Å². The Bertz CT molecular complexity index is 933. The maximum absolute atomic E-state index is 13.3. The van der Waals surface area contributed by atoms with Crippen LogP contribution in [0.2, 0.25) is 0 Å². The lowest BCUT2D eigenvalue weighted by atomic mass is 10.0. The van der Waals surface area contributed by atoms with Gasteiger partial charge in [-0.3, -0.25) is 4.79 Å². The topological polar surface area (TPSA) is 62.1 Å². The predicted octanol–water partition coefficient (Wildman–Crippen LogP) is 1.49. The summed E-state index contributed by atoms with van der Waals surface area (Å²) in [4.78, 5) is 16.6. The minimum atomic E-state index is -3.51. The average Bonchev–Trinajstić information content (AvgIpc) is 2.76. The normalized spacial score (nSPS) is 16.9. The number of rotatable bonds is 7. The molecule has 2 aromatic rings. The Hall–Kier alpha value is -2.22. The summed E-state index contributed by atoms with van der Waals surface area (Å²) in [7, 11) is -3.51. The van der Waals surface area contributed by atoms with Crippen molar-refractivity contribution >= 4 is 15.9 Å². The molecule has 162 valence electrons. The van der Waals surface area contributed by atoms with Gasteiger partial charge in [-0.2, -0.15) is 4.31 Å². The Labute approximate surface area is 180 Å². The first kappa shape index (κ1) is 22.5. The average molecular weight is 431 g/mol. The number of carbonyl (C=O) groups is 1. The second-order valence-electron chi connectivity index (χ2n) is 7.73. The molecule has 3 rings (SSSR count). The van der Waals surface area contributed by atoms with Crippen molar-refractivity contribution in [2.24, 2.45) is 0 Å². The van der Waals surface area contributed by atoms with Crippen molar-refractivity contribution in [3.63, 3.8) is 0 Å². The fourth-order valence-corrected chi connectivity index (χ4v) is 5.52. The van der Waals surface area contributed by atoms with Crippen LogP contribution in [0.25, 0.3) is 0 Å². The van der Waals surface area contributed by atoms with Crippen LogP contribution in [-0.4, -0.2) is 62.8 Å². The molecule has 0 unspecified atom stereocenters. The number of benzene rings is 2. The Balaban J connectivity index is 1.79. The summed E-state index contributed by atoms with van der Waals surface area (Å²) in [6.07, 6.45) is 0. The zero-order chi connectivity index (χ0) is 21.7. The molecule has 0 bridgehead atoms. The third-order valence-corrected chi connectivity index (χ3v) is 7.80. The Morgan fingerprint density at radius 2 is 1.57 bits per heavy atom. The van der Waals surface area contributed by atoms with Crippen LogP contribution in [-0.2, 0) is 14.8 Å². The standard InChI is InChI=1S/C23H31N3O3S/c1-4-24(5-2)23(27)22(20-9-7-6-8-10-20)25-15-17-26(18-16-25)30(28,29)21-13-11-19(3)12-14-21/h6-14,22H,4-5,15-18H2,1-3H3/p+1/t22-/m1/s1. The molecule has 1 atom stereocenters. The monoisotopic (exact) mass is 430 g/mol. The van der Waals surface area contributed by atoms with Gasteiger partial charge < -0.3 is 9.80 Å². The van der Waals surface area contributed by atoms with Gasteiger partial charge in [-0.05, 0) is 32.9 Å². The Morgan fingerprint density at radius 3 is 2.10 bits per heavy atom. The third-order valence-electron chi connectivity index (χ3n) is 5.89. The van der Waals surface area contributed by atoms with Crippen LogP contribution in [0.3, 0.4) is 0 Å². The first-order chi connectivity index (χ1) is 14.4. The van der Waals surface area contributed by atoms with Crippen molar-refractivity contribution in [2.75, 3.05) is 39.3 Å². The summed E-state index contributed by atoms with van der Waals surface area (Å²) in [6.45, 7) is 9.25. The highest BCUT2D eigenvalue weighted by Gasteiger charge is 2.38. The molecule has 1 saturated heterocycles. The van der Waals surface area contributed by atoms with Crippen molar-refractivity contribution in [2.45, 2.75) is 31.7 Å². The van der Waals surface area contributed by atoms with E-state index in [1.54, 1.807) is 16.4 Å². The van der Waals surface area contributed by atoms with Gasteiger partial charge in [0.1, 0.15) is 0 Å². The molecule has 30 heavy (non-hydrogen) atoms. The highest BCUT2D eigenvalue weighted by atomic mass is 32.2. The first-order valence-corrected chi connectivity index (χ1v) is 12.1. The SMILES string of the molecule is CCN(CC)C(=O)[C@@H](c1ccccc1)[NH+]1CCN(S(=O)(=O)c2ccc(C)cc2)CC1. The van der Waals surface area contributed by atoms with Crippen LogP contribution in [0.15, 0.2) is 59.5 Å². The van der Waals surface area contributed by atoms with Crippen LogP contribution < -0.4 is 4.90 Å². The Morgan fingerprint density at radius 1 is 1.00 bits per heavy atom. The van der Waals surface area contributed by atoms with Crippen molar-refractivity contribution in [1.82, 2.24) is 9.21 Å². The number of hydrogen-bond acceptors (Lipinski definition) is 3. The molecule has 7 heteroatoms. The number of carbonyl (C=O) groups excluding carboxylic acids is 1. The van der Waals surface area contributed by atoms with Crippen LogP contribution in [0, 0.1) is 6.92 Å². The number of aryl methyl sites for hydroxylation is 1.